The Morgan fingerprint density at radius 3 is 2.39 bits per heavy atom. The van der Waals surface area contributed by atoms with Gasteiger partial charge in [-0.3, -0.25) is 4.79 Å². The molecular formula is C28H41NO6S. The minimum Gasteiger partial charge on any atom is -0.491 e. The smallest absolute Gasteiger partial charge is 0.330 e. The Hall–Kier alpha value is -2.42. The van der Waals surface area contributed by atoms with Gasteiger partial charge in [0.05, 0.1) is 24.7 Å². The Balaban J connectivity index is 2.03. The third kappa shape index (κ3) is 8.05. The molecular weight excluding hydrogens is 478 g/mol. The Morgan fingerprint density at radius 1 is 1.14 bits per heavy atom. The summed E-state index contributed by atoms with van der Waals surface area (Å²) in [7, 11) is 1.22. The molecule has 3 unspecified atom stereocenters. The molecule has 200 valence electrons. The first-order chi connectivity index (χ1) is 16.9. The maximum absolute atomic E-state index is 12.7. The molecule has 0 aliphatic rings. The molecule has 0 fully saturated rings. The number of aliphatic hydroxyl groups excluding tert-OH is 2. The molecule has 1 aromatic carbocycles. The summed E-state index contributed by atoms with van der Waals surface area (Å²) in [5, 5.41) is 22.2. The summed E-state index contributed by atoms with van der Waals surface area (Å²) in [6.45, 7) is 11.7. The number of ether oxygens (including phenoxy) is 2. The lowest BCUT2D eigenvalue weighted by atomic mass is 9.90. The molecule has 7 nitrogen and oxygen atoms in total. The fourth-order valence-electron chi connectivity index (χ4n) is 3.81. The number of rotatable bonds is 12. The average molecular weight is 520 g/mol. The highest BCUT2D eigenvalue weighted by atomic mass is 32.1. The van der Waals surface area contributed by atoms with Crippen molar-refractivity contribution in [2.45, 2.75) is 78.9 Å². The second-order valence-corrected chi connectivity index (χ2v) is 11.4. The summed E-state index contributed by atoms with van der Waals surface area (Å²) in [4.78, 5) is 26.1. The Bertz CT molecular complexity index is 1030. The third-order valence-corrected chi connectivity index (χ3v) is 7.83. The number of carbonyl (C=O) groups is 2. The zero-order valence-electron chi connectivity index (χ0n) is 22.5. The van der Waals surface area contributed by atoms with Crippen molar-refractivity contribution >= 4 is 23.2 Å². The molecule has 0 aliphatic carbocycles. The summed E-state index contributed by atoms with van der Waals surface area (Å²) in [5.41, 5.74) is 2.87. The van der Waals surface area contributed by atoms with Crippen LogP contribution in [0.3, 0.4) is 0 Å². The average Bonchev–Trinajstić information content (AvgIpc) is 3.22. The SMILES string of the molecule is CCC(CCc1ccc(OCC(O)C(C)(C)C)c(C)c1)c1cc(C)c(C(=O)NC(CO)C(=O)OC)s1. The Morgan fingerprint density at radius 2 is 1.83 bits per heavy atom. The number of benzene rings is 1. The molecule has 2 aromatic rings. The number of esters is 1. The number of thiophene rings is 1. The molecule has 1 aromatic heterocycles. The van der Waals surface area contributed by atoms with Gasteiger partial charge in [0.25, 0.3) is 5.91 Å². The molecule has 3 N–H and O–H groups in total. The fourth-order valence-corrected chi connectivity index (χ4v) is 5.11. The predicted octanol–water partition coefficient (Wildman–Crippen LogP) is 4.54. The topological polar surface area (TPSA) is 105 Å². The minimum atomic E-state index is -1.08. The number of carbonyl (C=O) groups excluding carboxylic acids is 2. The molecule has 0 radical (unpaired) electrons. The van der Waals surface area contributed by atoms with E-state index in [9.17, 15) is 19.8 Å². The van der Waals surface area contributed by atoms with Crippen LogP contribution >= 0.6 is 11.3 Å². The highest BCUT2D eigenvalue weighted by Crippen LogP contribution is 2.34. The maximum Gasteiger partial charge on any atom is 0.330 e. The lowest BCUT2D eigenvalue weighted by molar-refractivity contribution is -0.143. The van der Waals surface area contributed by atoms with Crippen molar-refractivity contribution in [2.24, 2.45) is 5.41 Å². The van der Waals surface area contributed by atoms with Crippen LogP contribution in [0.1, 0.15) is 77.7 Å². The Labute approximate surface area is 218 Å². The van der Waals surface area contributed by atoms with Gasteiger partial charge in [-0.05, 0) is 73.3 Å². The van der Waals surface area contributed by atoms with E-state index in [4.69, 9.17) is 4.74 Å². The van der Waals surface area contributed by atoms with Gasteiger partial charge in [0.15, 0.2) is 6.04 Å². The van der Waals surface area contributed by atoms with E-state index in [0.29, 0.717) is 10.8 Å². The first-order valence-corrected chi connectivity index (χ1v) is 13.2. The van der Waals surface area contributed by atoms with Crippen LogP contribution in [0.4, 0.5) is 0 Å². The molecule has 0 saturated heterocycles. The molecule has 8 heteroatoms. The van der Waals surface area contributed by atoms with E-state index in [1.807, 2.05) is 46.8 Å². The summed E-state index contributed by atoms with van der Waals surface area (Å²) >= 11 is 1.43. The molecule has 1 heterocycles. The second-order valence-electron chi connectivity index (χ2n) is 10.3. The van der Waals surface area contributed by atoms with Crippen LogP contribution in [0.5, 0.6) is 5.75 Å². The standard InChI is InChI=1S/C28H41NO6S/c1-8-20(23-14-18(3)25(36-23)26(32)29-21(15-30)27(33)34-7)11-9-19-10-12-22(17(2)13-19)35-16-24(31)28(4,5)6/h10,12-14,20-21,24,30-31H,8-9,11,15-16H2,1-7H3,(H,29,32). The van der Waals surface area contributed by atoms with E-state index in [1.54, 1.807) is 0 Å². The van der Waals surface area contributed by atoms with E-state index < -0.39 is 24.7 Å². The Kier molecular flexibility index (Phi) is 10.9. The molecule has 36 heavy (non-hydrogen) atoms. The van der Waals surface area contributed by atoms with Gasteiger partial charge in [-0.15, -0.1) is 11.3 Å². The number of hydrogen-bond donors (Lipinski definition) is 3. The van der Waals surface area contributed by atoms with Gasteiger partial charge in [0.1, 0.15) is 12.4 Å². The molecule has 0 aliphatic heterocycles. The van der Waals surface area contributed by atoms with Gasteiger partial charge in [-0.25, -0.2) is 4.79 Å². The summed E-state index contributed by atoms with van der Waals surface area (Å²) in [5.74, 6) is 0.0177. The summed E-state index contributed by atoms with van der Waals surface area (Å²) in [6.07, 6.45) is 2.21. The van der Waals surface area contributed by atoms with Crippen molar-refractivity contribution in [3.05, 3.63) is 50.7 Å². The van der Waals surface area contributed by atoms with Crippen molar-refractivity contribution in [1.82, 2.24) is 5.32 Å². The third-order valence-electron chi connectivity index (χ3n) is 6.43. The zero-order chi connectivity index (χ0) is 27.0. The monoisotopic (exact) mass is 519 g/mol. The van der Waals surface area contributed by atoms with Gasteiger partial charge in [-0.2, -0.15) is 0 Å². The van der Waals surface area contributed by atoms with E-state index in [0.717, 1.165) is 41.0 Å². The molecule has 0 bridgehead atoms. The van der Waals surface area contributed by atoms with Crippen LogP contribution in [0.25, 0.3) is 0 Å². The highest BCUT2D eigenvalue weighted by Gasteiger charge is 2.25. The minimum absolute atomic E-state index is 0.231. The lowest BCUT2D eigenvalue weighted by Gasteiger charge is -2.26. The fraction of sp³-hybridized carbons (Fsp3) is 0.571. The lowest BCUT2D eigenvalue weighted by Crippen LogP contribution is -2.43. The van der Waals surface area contributed by atoms with Crippen LogP contribution < -0.4 is 10.1 Å². The van der Waals surface area contributed by atoms with Crippen molar-refractivity contribution in [1.29, 1.82) is 0 Å². The number of aliphatic hydroxyl groups is 2. The van der Waals surface area contributed by atoms with Gasteiger partial charge in [-0.1, -0.05) is 39.8 Å². The van der Waals surface area contributed by atoms with E-state index in [-0.39, 0.29) is 17.9 Å². The number of aryl methyl sites for hydroxylation is 3. The van der Waals surface area contributed by atoms with Crippen molar-refractivity contribution < 1.29 is 29.3 Å². The molecule has 1 amide bonds. The molecule has 0 spiro atoms. The summed E-state index contributed by atoms with van der Waals surface area (Å²) in [6, 6.07) is 7.13. The maximum atomic E-state index is 12.7. The van der Waals surface area contributed by atoms with Gasteiger partial charge >= 0.3 is 5.97 Å². The van der Waals surface area contributed by atoms with Crippen molar-refractivity contribution in [3.63, 3.8) is 0 Å². The number of methoxy groups -OCH3 is 1. The zero-order valence-corrected chi connectivity index (χ0v) is 23.3. The van der Waals surface area contributed by atoms with E-state index in [2.05, 4.69) is 29.1 Å². The molecule has 0 saturated carbocycles. The summed E-state index contributed by atoms with van der Waals surface area (Å²) < 4.78 is 10.5. The largest absolute Gasteiger partial charge is 0.491 e. The highest BCUT2D eigenvalue weighted by molar-refractivity contribution is 7.14. The first-order valence-electron chi connectivity index (χ1n) is 12.4. The molecule has 3 atom stereocenters. The van der Waals surface area contributed by atoms with Crippen LogP contribution in [0.15, 0.2) is 24.3 Å². The van der Waals surface area contributed by atoms with Gasteiger partial charge < -0.3 is 25.0 Å². The number of nitrogens with one attached hydrogen (secondary N) is 1. The number of amides is 1. The predicted molar refractivity (Wildman–Crippen MR) is 143 cm³/mol. The van der Waals surface area contributed by atoms with Crippen LogP contribution in [0.2, 0.25) is 0 Å². The van der Waals surface area contributed by atoms with Crippen molar-refractivity contribution in [3.8, 4) is 5.75 Å². The first kappa shape index (κ1) is 29.8. The van der Waals surface area contributed by atoms with E-state index >= 15 is 0 Å². The van der Waals surface area contributed by atoms with Crippen LogP contribution in [0, 0.1) is 19.3 Å². The number of hydrogen-bond acceptors (Lipinski definition) is 7. The van der Waals surface area contributed by atoms with Crippen LogP contribution in [-0.4, -0.2) is 54.6 Å². The van der Waals surface area contributed by atoms with E-state index in [1.165, 1.54) is 24.0 Å². The second kappa shape index (κ2) is 13.2. The van der Waals surface area contributed by atoms with Crippen LogP contribution in [-0.2, 0) is 16.0 Å². The van der Waals surface area contributed by atoms with Crippen molar-refractivity contribution in [2.75, 3.05) is 20.3 Å². The quantitative estimate of drug-likeness (QED) is 0.356. The van der Waals surface area contributed by atoms with Gasteiger partial charge in [0.2, 0.25) is 0 Å². The molecule has 2 rings (SSSR count). The van der Waals surface area contributed by atoms with Gasteiger partial charge in [0, 0.05) is 4.88 Å². The normalized spacial score (nSPS) is 14.1.